The first-order valence-electron chi connectivity index (χ1n) is 6.82. The van der Waals surface area contributed by atoms with E-state index in [1.165, 1.54) is 4.88 Å². The lowest BCUT2D eigenvalue weighted by molar-refractivity contribution is -0.0585. The van der Waals surface area contributed by atoms with Gasteiger partial charge in [-0.25, -0.2) is 0 Å². The molecule has 0 unspecified atom stereocenters. The second-order valence-corrected chi connectivity index (χ2v) is 7.47. The second kappa shape index (κ2) is 5.25. The number of morpholine rings is 1. The van der Waals surface area contributed by atoms with E-state index >= 15 is 0 Å². The standard InChI is InChI=1S/C15H23NO2S/c1-10-8-16(9-11(2)18-10)14(17)12-6-7-13(19-12)15(3,4)5/h6-7,10-11H,8-9H2,1-5H3/t10-,11+. The van der Waals surface area contributed by atoms with Crippen LogP contribution in [0.3, 0.4) is 0 Å². The lowest BCUT2D eigenvalue weighted by Gasteiger charge is -2.35. The van der Waals surface area contributed by atoms with E-state index in [-0.39, 0.29) is 23.5 Å². The molecule has 0 aromatic carbocycles. The van der Waals surface area contributed by atoms with Crippen LogP contribution in [0.1, 0.15) is 49.2 Å². The van der Waals surface area contributed by atoms with Crippen molar-refractivity contribution in [3.8, 4) is 0 Å². The lowest BCUT2D eigenvalue weighted by atomic mass is 9.95. The zero-order valence-corrected chi connectivity index (χ0v) is 13.2. The van der Waals surface area contributed by atoms with Crippen molar-refractivity contribution in [1.82, 2.24) is 4.90 Å². The van der Waals surface area contributed by atoms with E-state index in [2.05, 4.69) is 26.8 Å². The molecule has 106 valence electrons. The van der Waals surface area contributed by atoms with Gasteiger partial charge in [0.05, 0.1) is 17.1 Å². The number of thiophene rings is 1. The van der Waals surface area contributed by atoms with Crippen molar-refractivity contribution in [2.45, 2.75) is 52.2 Å². The molecule has 2 heterocycles. The second-order valence-electron chi connectivity index (χ2n) is 6.38. The van der Waals surface area contributed by atoms with Crippen molar-refractivity contribution >= 4 is 17.2 Å². The molecule has 0 spiro atoms. The lowest BCUT2D eigenvalue weighted by Crippen LogP contribution is -2.48. The van der Waals surface area contributed by atoms with E-state index in [0.717, 1.165) is 4.88 Å². The molecule has 0 aliphatic carbocycles. The number of ether oxygens (including phenoxy) is 1. The van der Waals surface area contributed by atoms with Crippen LogP contribution in [0.25, 0.3) is 0 Å². The third-order valence-corrected chi connectivity index (χ3v) is 4.76. The first-order valence-corrected chi connectivity index (χ1v) is 7.64. The molecule has 1 aromatic heterocycles. The fraction of sp³-hybridized carbons (Fsp3) is 0.667. The molecule has 4 heteroatoms. The number of amides is 1. The predicted molar refractivity (Wildman–Crippen MR) is 78.9 cm³/mol. The monoisotopic (exact) mass is 281 g/mol. The van der Waals surface area contributed by atoms with Gasteiger partial charge in [-0.15, -0.1) is 11.3 Å². The fourth-order valence-corrected chi connectivity index (χ4v) is 3.39. The summed E-state index contributed by atoms with van der Waals surface area (Å²) in [7, 11) is 0. The summed E-state index contributed by atoms with van der Waals surface area (Å²) in [6.45, 7) is 11.9. The molecular formula is C15H23NO2S. The van der Waals surface area contributed by atoms with E-state index in [0.29, 0.717) is 13.1 Å². The normalized spacial score (nSPS) is 24.6. The van der Waals surface area contributed by atoms with Crippen molar-refractivity contribution in [3.63, 3.8) is 0 Å². The summed E-state index contributed by atoms with van der Waals surface area (Å²) in [5.41, 5.74) is 0.106. The molecule has 2 atom stereocenters. The summed E-state index contributed by atoms with van der Waals surface area (Å²) in [4.78, 5) is 16.5. The molecule has 1 aliphatic rings. The average Bonchev–Trinajstić information content (AvgIpc) is 2.75. The van der Waals surface area contributed by atoms with Crippen molar-refractivity contribution < 1.29 is 9.53 Å². The third-order valence-electron chi connectivity index (χ3n) is 3.26. The Morgan fingerprint density at radius 1 is 1.26 bits per heavy atom. The van der Waals surface area contributed by atoms with Crippen molar-refractivity contribution in [2.24, 2.45) is 0 Å². The molecule has 1 fully saturated rings. The molecule has 0 bridgehead atoms. The molecule has 19 heavy (non-hydrogen) atoms. The zero-order valence-electron chi connectivity index (χ0n) is 12.4. The van der Waals surface area contributed by atoms with Gasteiger partial charge in [-0.3, -0.25) is 4.79 Å². The van der Waals surface area contributed by atoms with E-state index in [4.69, 9.17) is 4.74 Å². The Labute approximate surface area is 119 Å². The van der Waals surface area contributed by atoms with Gasteiger partial charge in [-0.05, 0) is 31.4 Å². The van der Waals surface area contributed by atoms with Crippen molar-refractivity contribution in [3.05, 3.63) is 21.9 Å². The van der Waals surface area contributed by atoms with Gasteiger partial charge in [0.2, 0.25) is 0 Å². The molecule has 1 amide bonds. The number of rotatable bonds is 1. The van der Waals surface area contributed by atoms with E-state index in [1.54, 1.807) is 11.3 Å². The van der Waals surface area contributed by atoms with E-state index < -0.39 is 0 Å². The van der Waals surface area contributed by atoms with E-state index in [9.17, 15) is 4.79 Å². The minimum atomic E-state index is 0.106. The summed E-state index contributed by atoms with van der Waals surface area (Å²) in [6.07, 6.45) is 0.240. The van der Waals surface area contributed by atoms with Crippen LogP contribution >= 0.6 is 11.3 Å². The Balaban J connectivity index is 2.13. The minimum absolute atomic E-state index is 0.106. The maximum Gasteiger partial charge on any atom is 0.264 e. The third kappa shape index (κ3) is 3.37. The number of carbonyl (C=O) groups excluding carboxylic acids is 1. The van der Waals surface area contributed by atoms with Gasteiger partial charge in [0.25, 0.3) is 5.91 Å². The van der Waals surface area contributed by atoms with Gasteiger partial charge < -0.3 is 9.64 Å². The fourth-order valence-electron chi connectivity index (χ4n) is 2.36. The van der Waals surface area contributed by atoms with Crippen LogP contribution in [-0.2, 0) is 10.2 Å². The SMILES string of the molecule is C[C@@H]1CN(C(=O)c2ccc(C(C)(C)C)s2)C[C@H](C)O1. The highest BCUT2D eigenvalue weighted by Crippen LogP contribution is 2.30. The Morgan fingerprint density at radius 2 is 1.84 bits per heavy atom. The molecule has 1 saturated heterocycles. The maximum absolute atomic E-state index is 12.5. The summed E-state index contributed by atoms with van der Waals surface area (Å²) in [6, 6.07) is 4.03. The van der Waals surface area contributed by atoms with Crippen LogP contribution in [0.15, 0.2) is 12.1 Å². The summed E-state index contributed by atoms with van der Waals surface area (Å²) >= 11 is 1.61. The molecule has 1 aromatic rings. The average molecular weight is 281 g/mol. The number of nitrogens with zero attached hydrogens (tertiary/aromatic N) is 1. The topological polar surface area (TPSA) is 29.5 Å². The highest BCUT2D eigenvalue weighted by atomic mass is 32.1. The predicted octanol–water partition coefficient (Wildman–Crippen LogP) is 3.30. The minimum Gasteiger partial charge on any atom is -0.372 e. The first-order chi connectivity index (χ1) is 8.77. The highest BCUT2D eigenvalue weighted by Gasteiger charge is 2.28. The van der Waals surface area contributed by atoms with Gasteiger partial charge in [-0.1, -0.05) is 20.8 Å². The van der Waals surface area contributed by atoms with Gasteiger partial charge in [0.15, 0.2) is 0 Å². The molecule has 0 saturated carbocycles. The van der Waals surface area contributed by atoms with Crippen LogP contribution in [0, 0.1) is 0 Å². The van der Waals surface area contributed by atoms with Gasteiger partial charge in [-0.2, -0.15) is 0 Å². The summed E-state index contributed by atoms with van der Waals surface area (Å²) < 4.78 is 5.67. The quantitative estimate of drug-likeness (QED) is 0.790. The number of carbonyl (C=O) groups is 1. The summed E-state index contributed by atoms with van der Waals surface area (Å²) in [5, 5.41) is 0. The van der Waals surface area contributed by atoms with Crippen LogP contribution in [0.5, 0.6) is 0 Å². The molecule has 1 aliphatic heterocycles. The van der Waals surface area contributed by atoms with Crippen LogP contribution < -0.4 is 0 Å². The van der Waals surface area contributed by atoms with Gasteiger partial charge in [0.1, 0.15) is 0 Å². The Kier molecular flexibility index (Phi) is 4.02. The number of hydrogen-bond acceptors (Lipinski definition) is 3. The first kappa shape index (κ1) is 14.5. The maximum atomic E-state index is 12.5. The molecule has 0 radical (unpaired) electrons. The van der Waals surface area contributed by atoms with Gasteiger partial charge >= 0.3 is 0 Å². The Hall–Kier alpha value is -0.870. The molecule has 2 rings (SSSR count). The summed E-state index contributed by atoms with van der Waals surface area (Å²) in [5.74, 6) is 0.141. The largest absolute Gasteiger partial charge is 0.372 e. The smallest absolute Gasteiger partial charge is 0.264 e. The van der Waals surface area contributed by atoms with Crippen LogP contribution in [-0.4, -0.2) is 36.1 Å². The van der Waals surface area contributed by atoms with Gasteiger partial charge in [0, 0.05) is 18.0 Å². The number of hydrogen-bond donors (Lipinski definition) is 0. The van der Waals surface area contributed by atoms with Crippen LogP contribution in [0.2, 0.25) is 0 Å². The van der Waals surface area contributed by atoms with E-state index in [1.807, 2.05) is 24.8 Å². The highest BCUT2D eigenvalue weighted by molar-refractivity contribution is 7.14. The molecule has 0 N–H and O–H groups in total. The van der Waals surface area contributed by atoms with Crippen molar-refractivity contribution in [1.29, 1.82) is 0 Å². The zero-order chi connectivity index (χ0) is 14.2. The molecule has 3 nitrogen and oxygen atoms in total. The van der Waals surface area contributed by atoms with Crippen LogP contribution in [0.4, 0.5) is 0 Å². The Morgan fingerprint density at radius 3 is 2.32 bits per heavy atom. The van der Waals surface area contributed by atoms with Crippen molar-refractivity contribution in [2.75, 3.05) is 13.1 Å². The molecular weight excluding hydrogens is 258 g/mol. The Bertz CT molecular complexity index is 451.